The van der Waals surface area contributed by atoms with Crippen LogP contribution in [-0.2, 0) is 4.79 Å². The van der Waals surface area contributed by atoms with Crippen molar-refractivity contribution in [3.63, 3.8) is 0 Å². The molecule has 3 nitrogen and oxygen atoms in total. The number of thioether (sulfide) groups is 2. The average molecular weight is 321 g/mol. The highest BCUT2D eigenvalue weighted by Crippen LogP contribution is 2.35. The third-order valence-electron chi connectivity index (χ3n) is 1.89. The number of benzene rings is 1. The zero-order chi connectivity index (χ0) is 12.3. The molecule has 0 heterocycles. The van der Waals surface area contributed by atoms with Gasteiger partial charge in [0.15, 0.2) is 0 Å². The van der Waals surface area contributed by atoms with Gasteiger partial charge in [-0.1, -0.05) is 0 Å². The number of rotatable bonds is 4. The lowest BCUT2D eigenvalue weighted by Gasteiger charge is -2.08. The Balaban J connectivity index is 3.31. The summed E-state index contributed by atoms with van der Waals surface area (Å²) < 4.78 is 0.747. The molecule has 1 aromatic carbocycles. The average Bonchev–Trinajstić information content (AvgIpc) is 2.26. The minimum atomic E-state index is -1.43. The van der Waals surface area contributed by atoms with Crippen molar-refractivity contribution in [2.75, 3.05) is 12.5 Å². The molecule has 0 spiro atoms. The monoisotopic (exact) mass is 320 g/mol. The third kappa shape index (κ3) is 2.81. The summed E-state index contributed by atoms with van der Waals surface area (Å²) in [5, 5.41) is 8.64. The summed E-state index contributed by atoms with van der Waals surface area (Å²) in [5.74, 6) is -2.32. The van der Waals surface area contributed by atoms with E-state index in [1.807, 2.05) is 12.5 Å². The molecule has 0 aromatic heterocycles. The predicted molar refractivity (Wildman–Crippen MR) is 69.7 cm³/mol. The fraction of sp³-hybridized carbons (Fsp3) is 0.200. The molecule has 0 unspecified atom stereocenters. The van der Waals surface area contributed by atoms with E-state index in [4.69, 9.17) is 5.11 Å². The van der Waals surface area contributed by atoms with Gasteiger partial charge in [-0.2, -0.15) is 0 Å². The van der Waals surface area contributed by atoms with E-state index in [9.17, 15) is 9.59 Å². The molecule has 0 aliphatic heterocycles. The standard InChI is InChI=1S/C10H9BrO3S2/c1-15-7-4-5(8(12)10(13)14)3-6(11)9(7)16-2/h3-4H,1-2H3,(H,13,14). The fourth-order valence-corrected chi connectivity index (χ4v) is 3.80. The van der Waals surface area contributed by atoms with Gasteiger partial charge in [-0.25, -0.2) is 4.79 Å². The van der Waals surface area contributed by atoms with Gasteiger partial charge in [0.2, 0.25) is 0 Å². The largest absolute Gasteiger partial charge is 0.475 e. The molecular weight excluding hydrogens is 312 g/mol. The Labute approximate surface area is 110 Å². The predicted octanol–water partition coefficient (Wildman–Crippen LogP) is 3.16. The van der Waals surface area contributed by atoms with Crippen molar-refractivity contribution in [3.8, 4) is 0 Å². The smallest absolute Gasteiger partial charge is 0.377 e. The molecular formula is C10H9BrO3S2. The summed E-state index contributed by atoms with van der Waals surface area (Å²) in [6.07, 6.45) is 3.81. The first-order chi connectivity index (χ1) is 7.51. The zero-order valence-electron chi connectivity index (χ0n) is 8.61. The van der Waals surface area contributed by atoms with Gasteiger partial charge in [-0.05, 0) is 40.6 Å². The van der Waals surface area contributed by atoms with Gasteiger partial charge in [0, 0.05) is 19.8 Å². The number of halogens is 1. The Hall–Kier alpha value is -0.460. The fourth-order valence-electron chi connectivity index (χ4n) is 1.17. The lowest BCUT2D eigenvalue weighted by atomic mass is 10.1. The van der Waals surface area contributed by atoms with E-state index in [2.05, 4.69) is 15.9 Å². The maximum absolute atomic E-state index is 11.3. The molecule has 0 atom stereocenters. The van der Waals surface area contributed by atoms with Crippen molar-refractivity contribution < 1.29 is 14.7 Å². The first-order valence-corrected chi connectivity index (χ1v) is 7.44. The number of ketones is 1. The van der Waals surface area contributed by atoms with Crippen LogP contribution in [0.4, 0.5) is 0 Å². The Kier molecular flexibility index (Phi) is 4.89. The molecule has 1 rings (SSSR count). The lowest BCUT2D eigenvalue weighted by Crippen LogP contribution is -2.12. The molecule has 0 radical (unpaired) electrons. The van der Waals surface area contributed by atoms with Crippen molar-refractivity contribution in [3.05, 3.63) is 22.2 Å². The third-order valence-corrected chi connectivity index (χ3v) is 4.52. The first kappa shape index (κ1) is 13.6. The summed E-state index contributed by atoms with van der Waals surface area (Å²) >= 11 is 6.37. The quantitative estimate of drug-likeness (QED) is 0.524. The van der Waals surface area contributed by atoms with Crippen LogP contribution in [0.5, 0.6) is 0 Å². The molecule has 6 heteroatoms. The van der Waals surface area contributed by atoms with E-state index in [-0.39, 0.29) is 5.56 Å². The maximum atomic E-state index is 11.3. The van der Waals surface area contributed by atoms with Crippen LogP contribution in [0.15, 0.2) is 26.4 Å². The lowest BCUT2D eigenvalue weighted by molar-refractivity contribution is -0.131. The van der Waals surface area contributed by atoms with E-state index in [1.165, 1.54) is 11.8 Å². The van der Waals surface area contributed by atoms with Crippen molar-refractivity contribution in [1.82, 2.24) is 0 Å². The molecule has 0 aliphatic carbocycles. The van der Waals surface area contributed by atoms with Gasteiger partial charge in [0.25, 0.3) is 5.78 Å². The van der Waals surface area contributed by atoms with Crippen molar-refractivity contribution >= 4 is 51.2 Å². The van der Waals surface area contributed by atoms with Gasteiger partial charge in [0.05, 0.1) is 0 Å². The highest BCUT2D eigenvalue weighted by Gasteiger charge is 2.18. The van der Waals surface area contributed by atoms with Crippen molar-refractivity contribution in [2.24, 2.45) is 0 Å². The second-order valence-corrected chi connectivity index (χ2v) is 5.35. The molecule has 16 heavy (non-hydrogen) atoms. The number of carbonyl (C=O) groups is 2. The highest BCUT2D eigenvalue weighted by molar-refractivity contribution is 9.10. The van der Waals surface area contributed by atoms with E-state index in [1.54, 1.807) is 23.9 Å². The van der Waals surface area contributed by atoms with Crippen LogP contribution in [0.3, 0.4) is 0 Å². The molecule has 0 saturated carbocycles. The maximum Gasteiger partial charge on any atom is 0.377 e. The minimum Gasteiger partial charge on any atom is -0.475 e. The highest BCUT2D eigenvalue weighted by atomic mass is 79.9. The first-order valence-electron chi connectivity index (χ1n) is 4.20. The van der Waals surface area contributed by atoms with Gasteiger partial charge < -0.3 is 5.11 Å². The van der Waals surface area contributed by atoms with Crippen LogP contribution < -0.4 is 0 Å². The molecule has 0 fully saturated rings. The molecule has 0 amide bonds. The number of carboxylic acids is 1. The Morgan fingerprint density at radius 2 is 1.88 bits per heavy atom. The Morgan fingerprint density at radius 1 is 1.25 bits per heavy atom. The summed E-state index contributed by atoms with van der Waals surface area (Å²) in [7, 11) is 0. The Bertz CT molecular complexity index is 446. The summed E-state index contributed by atoms with van der Waals surface area (Å²) in [6, 6.07) is 3.15. The molecule has 0 saturated heterocycles. The molecule has 86 valence electrons. The Morgan fingerprint density at radius 3 is 2.31 bits per heavy atom. The normalized spacial score (nSPS) is 10.2. The second kappa shape index (κ2) is 5.75. The topological polar surface area (TPSA) is 54.4 Å². The summed E-state index contributed by atoms with van der Waals surface area (Å²) in [6.45, 7) is 0. The van der Waals surface area contributed by atoms with Gasteiger partial charge >= 0.3 is 5.97 Å². The number of aliphatic carboxylic acids is 1. The van der Waals surface area contributed by atoms with E-state index in [0.717, 1.165) is 14.3 Å². The van der Waals surface area contributed by atoms with E-state index >= 15 is 0 Å². The number of Topliss-reactive ketones (excluding diaryl/α,β-unsaturated/α-hetero) is 1. The van der Waals surface area contributed by atoms with Crippen LogP contribution in [-0.4, -0.2) is 29.4 Å². The minimum absolute atomic E-state index is 0.196. The van der Waals surface area contributed by atoms with Crippen molar-refractivity contribution in [2.45, 2.75) is 9.79 Å². The van der Waals surface area contributed by atoms with Crippen LogP contribution in [0.25, 0.3) is 0 Å². The number of hydrogen-bond acceptors (Lipinski definition) is 4. The van der Waals surface area contributed by atoms with Crippen LogP contribution in [0.2, 0.25) is 0 Å². The number of carbonyl (C=O) groups excluding carboxylic acids is 1. The summed E-state index contributed by atoms with van der Waals surface area (Å²) in [4.78, 5) is 23.8. The number of hydrogen-bond donors (Lipinski definition) is 1. The molecule has 0 aliphatic rings. The second-order valence-electron chi connectivity index (χ2n) is 2.83. The van der Waals surface area contributed by atoms with Crippen LogP contribution in [0.1, 0.15) is 10.4 Å². The van der Waals surface area contributed by atoms with Crippen molar-refractivity contribution in [1.29, 1.82) is 0 Å². The summed E-state index contributed by atoms with van der Waals surface area (Å²) in [5.41, 5.74) is 0.196. The molecule has 1 N–H and O–H groups in total. The molecule has 1 aromatic rings. The van der Waals surface area contributed by atoms with Crippen LogP contribution in [0, 0.1) is 0 Å². The van der Waals surface area contributed by atoms with Crippen LogP contribution >= 0.6 is 39.5 Å². The molecule has 0 bridgehead atoms. The van der Waals surface area contributed by atoms with Gasteiger partial charge in [0.1, 0.15) is 0 Å². The van der Waals surface area contributed by atoms with E-state index < -0.39 is 11.8 Å². The zero-order valence-corrected chi connectivity index (χ0v) is 11.8. The number of carboxylic acid groups (broad SMARTS) is 1. The van der Waals surface area contributed by atoms with Gasteiger partial charge in [-0.15, -0.1) is 23.5 Å². The van der Waals surface area contributed by atoms with Gasteiger partial charge in [-0.3, -0.25) is 4.79 Å². The van der Waals surface area contributed by atoms with E-state index in [0.29, 0.717) is 0 Å². The SMILES string of the molecule is CSc1cc(C(=O)C(=O)O)cc(Br)c1SC.